The second kappa shape index (κ2) is 6.20. The molecule has 0 aliphatic carbocycles. The molecule has 1 rings (SSSR count). The van der Waals surface area contributed by atoms with Gasteiger partial charge in [0.1, 0.15) is 11.9 Å². The lowest BCUT2D eigenvalue weighted by molar-refractivity contribution is 0.0145. The van der Waals surface area contributed by atoms with Gasteiger partial charge in [-0.05, 0) is 42.1 Å². The predicted molar refractivity (Wildman–Crippen MR) is 60.7 cm³/mol. The van der Waals surface area contributed by atoms with Crippen LogP contribution >= 0.6 is 0 Å². The third kappa shape index (κ3) is 3.71. The first-order valence-electron chi connectivity index (χ1n) is 5.19. The normalized spacial score (nSPS) is 13.9. The molecule has 0 saturated carbocycles. The van der Waals surface area contributed by atoms with Crippen LogP contribution in [0.2, 0.25) is 0 Å². The number of aryl methyl sites for hydroxylation is 1. The Morgan fingerprint density at radius 1 is 1.47 bits per heavy atom. The lowest BCUT2D eigenvalue weighted by atomic mass is 9.98. The average molecular weight is 239 g/mol. The zero-order valence-corrected chi connectivity index (χ0v) is 9.41. The van der Waals surface area contributed by atoms with Crippen molar-refractivity contribution in [3.63, 3.8) is 0 Å². The van der Waals surface area contributed by atoms with Gasteiger partial charge in [-0.15, -0.1) is 0 Å². The highest BCUT2D eigenvalue weighted by molar-refractivity contribution is 5.29. The van der Waals surface area contributed by atoms with E-state index in [1.807, 2.05) is 0 Å². The maximum Gasteiger partial charge on any atom is 0.123 e. The minimum absolute atomic E-state index is 0.0864. The Labute approximate surface area is 98.1 Å². The Morgan fingerprint density at radius 3 is 2.82 bits per heavy atom. The Kier molecular flexibility index (Phi) is 4.90. The van der Waals surface area contributed by atoms with Crippen LogP contribution in [-0.2, 0) is 0 Å². The molecule has 0 spiro atoms. The SMILES string of the molecule is Cc1ccc(F)cc1C(O)C(O)CCN=[N+]=[N-]. The molecule has 2 unspecified atom stereocenters. The molecule has 2 atom stereocenters. The number of aliphatic hydroxyl groups is 2. The first-order chi connectivity index (χ1) is 8.06. The van der Waals surface area contributed by atoms with Crippen LogP contribution < -0.4 is 0 Å². The molecular weight excluding hydrogens is 225 g/mol. The minimum Gasteiger partial charge on any atom is -0.390 e. The van der Waals surface area contributed by atoms with Crippen LogP contribution in [0.3, 0.4) is 0 Å². The number of halogens is 1. The summed E-state index contributed by atoms with van der Waals surface area (Å²) in [6.07, 6.45) is -2.14. The van der Waals surface area contributed by atoms with Gasteiger partial charge in [0, 0.05) is 11.5 Å². The van der Waals surface area contributed by atoms with Crippen LogP contribution in [0.4, 0.5) is 4.39 Å². The van der Waals surface area contributed by atoms with Gasteiger partial charge in [-0.2, -0.15) is 0 Å². The van der Waals surface area contributed by atoms with Crippen molar-refractivity contribution in [2.24, 2.45) is 5.11 Å². The fourth-order valence-corrected chi connectivity index (χ4v) is 1.53. The second-order valence-corrected chi connectivity index (χ2v) is 3.76. The zero-order chi connectivity index (χ0) is 12.8. The van der Waals surface area contributed by atoms with Crippen LogP contribution in [0, 0.1) is 12.7 Å². The van der Waals surface area contributed by atoms with Crippen LogP contribution in [0.25, 0.3) is 10.4 Å². The standard InChI is InChI=1S/C11H14FN3O2/c1-7-2-3-8(12)6-9(7)11(17)10(16)4-5-14-15-13/h2-3,6,10-11,16-17H,4-5H2,1H3. The molecule has 5 nitrogen and oxygen atoms in total. The van der Waals surface area contributed by atoms with Gasteiger partial charge in [-0.1, -0.05) is 11.2 Å². The molecule has 0 aliphatic rings. The largest absolute Gasteiger partial charge is 0.390 e. The number of hydrogen-bond donors (Lipinski definition) is 2. The number of azide groups is 1. The van der Waals surface area contributed by atoms with Crippen molar-refractivity contribution in [2.45, 2.75) is 25.6 Å². The molecule has 0 fully saturated rings. The van der Waals surface area contributed by atoms with Gasteiger partial charge in [0.05, 0.1) is 6.10 Å². The van der Waals surface area contributed by atoms with Crippen molar-refractivity contribution in [1.82, 2.24) is 0 Å². The molecule has 0 aromatic heterocycles. The van der Waals surface area contributed by atoms with Crippen molar-refractivity contribution < 1.29 is 14.6 Å². The van der Waals surface area contributed by atoms with E-state index in [2.05, 4.69) is 10.0 Å². The van der Waals surface area contributed by atoms with Crippen LogP contribution in [-0.4, -0.2) is 22.9 Å². The van der Waals surface area contributed by atoms with Crippen molar-refractivity contribution in [3.8, 4) is 0 Å². The number of nitrogens with zero attached hydrogens (tertiary/aromatic N) is 3. The predicted octanol–water partition coefficient (Wildman–Crippen LogP) is 2.23. The molecule has 92 valence electrons. The Morgan fingerprint density at radius 2 is 2.18 bits per heavy atom. The van der Waals surface area contributed by atoms with Crippen molar-refractivity contribution in [1.29, 1.82) is 0 Å². The summed E-state index contributed by atoms with van der Waals surface area (Å²) in [5.41, 5.74) is 9.12. The summed E-state index contributed by atoms with van der Waals surface area (Å²) < 4.78 is 13.0. The van der Waals surface area contributed by atoms with E-state index in [0.717, 1.165) is 0 Å². The smallest absolute Gasteiger partial charge is 0.123 e. The molecular formula is C11H14FN3O2. The van der Waals surface area contributed by atoms with Gasteiger partial charge in [0.15, 0.2) is 0 Å². The highest BCUT2D eigenvalue weighted by atomic mass is 19.1. The summed E-state index contributed by atoms with van der Waals surface area (Å²) in [7, 11) is 0. The molecule has 0 bridgehead atoms. The average Bonchev–Trinajstić information content (AvgIpc) is 2.31. The molecule has 0 amide bonds. The fourth-order valence-electron chi connectivity index (χ4n) is 1.53. The lowest BCUT2D eigenvalue weighted by Crippen LogP contribution is -2.20. The van der Waals surface area contributed by atoms with Crippen molar-refractivity contribution in [2.75, 3.05) is 6.54 Å². The molecule has 6 heteroatoms. The lowest BCUT2D eigenvalue weighted by Gasteiger charge is -2.19. The summed E-state index contributed by atoms with van der Waals surface area (Å²) >= 11 is 0. The van der Waals surface area contributed by atoms with Crippen LogP contribution in [0.15, 0.2) is 23.3 Å². The van der Waals surface area contributed by atoms with E-state index in [-0.39, 0.29) is 13.0 Å². The summed E-state index contributed by atoms with van der Waals surface area (Å²) in [4.78, 5) is 2.54. The number of benzene rings is 1. The highest BCUT2D eigenvalue weighted by Gasteiger charge is 2.19. The molecule has 1 aromatic rings. The molecule has 0 heterocycles. The van der Waals surface area contributed by atoms with Gasteiger partial charge in [0.25, 0.3) is 0 Å². The topological polar surface area (TPSA) is 89.2 Å². The summed E-state index contributed by atoms with van der Waals surface area (Å²) in [5, 5.41) is 22.8. The maximum atomic E-state index is 13.0. The first kappa shape index (κ1) is 13.4. The Hall–Kier alpha value is -1.62. The number of aliphatic hydroxyl groups excluding tert-OH is 2. The maximum absolute atomic E-state index is 13.0. The highest BCUT2D eigenvalue weighted by Crippen LogP contribution is 2.23. The van der Waals surface area contributed by atoms with E-state index >= 15 is 0 Å². The zero-order valence-electron chi connectivity index (χ0n) is 9.41. The van der Waals surface area contributed by atoms with Gasteiger partial charge >= 0.3 is 0 Å². The molecule has 17 heavy (non-hydrogen) atoms. The van der Waals surface area contributed by atoms with Gasteiger partial charge in [0.2, 0.25) is 0 Å². The van der Waals surface area contributed by atoms with E-state index < -0.39 is 18.0 Å². The quantitative estimate of drug-likeness (QED) is 0.468. The summed E-state index contributed by atoms with van der Waals surface area (Å²) in [5.74, 6) is -0.466. The van der Waals surface area contributed by atoms with E-state index in [4.69, 9.17) is 5.53 Å². The van der Waals surface area contributed by atoms with Gasteiger partial charge in [-0.25, -0.2) is 4.39 Å². The second-order valence-electron chi connectivity index (χ2n) is 3.76. The summed E-state index contributed by atoms with van der Waals surface area (Å²) in [6, 6.07) is 4.02. The molecule has 2 N–H and O–H groups in total. The van der Waals surface area contributed by atoms with Crippen LogP contribution in [0.1, 0.15) is 23.7 Å². The third-order valence-electron chi connectivity index (χ3n) is 2.51. The van der Waals surface area contributed by atoms with E-state index in [0.29, 0.717) is 11.1 Å². The molecule has 0 aliphatic heterocycles. The van der Waals surface area contributed by atoms with Crippen molar-refractivity contribution >= 4 is 0 Å². The fraction of sp³-hybridized carbons (Fsp3) is 0.455. The Bertz CT molecular complexity index is 433. The monoisotopic (exact) mass is 239 g/mol. The minimum atomic E-state index is -1.18. The number of hydrogen-bond acceptors (Lipinski definition) is 3. The van der Waals surface area contributed by atoms with Crippen molar-refractivity contribution in [3.05, 3.63) is 45.6 Å². The van der Waals surface area contributed by atoms with E-state index in [9.17, 15) is 14.6 Å². The number of rotatable bonds is 5. The van der Waals surface area contributed by atoms with Gasteiger partial charge < -0.3 is 10.2 Å². The molecule has 0 saturated heterocycles. The van der Waals surface area contributed by atoms with E-state index in [1.165, 1.54) is 18.2 Å². The van der Waals surface area contributed by atoms with E-state index in [1.54, 1.807) is 6.92 Å². The Balaban J connectivity index is 2.76. The van der Waals surface area contributed by atoms with Gasteiger partial charge in [-0.3, -0.25) is 0 Å². The van der Waals surface area contributed by atoms with Crippen LogP contribution in [0.5, 0.6) is 0 Å². The molecule has 0 radical (unpaired) electrons. The summed E-state index contributed by atoms with van der Waals surface area (Å²) in [6.45, 7) is 1.81. The third-order valence-corrected chi connectivity index (χ3v) is 2.51. The molecule has 1 aromatic carbocycles. The first-order valence-corrected chi connectivity index (χ1v) is 5.19.